The molecule has 0 saturated carbocycles. The van der Waals surface area contributed by atoms with Gasteiger partial charge in [0.1, 0.15) is 6.54 Å². The van der Waals surface area contributed by atoms with Gasteiger partial charge in [0.25, 0.3) is 10.0 Å². The minimum atomic E-state index is -5.09. The highest BCUT2D eigenvalue weighted by Gasteiger charge is 2.38. The molecular formula is C20H12F6N2O3S. The van der Waals surface area contributed by atoms with Gasteiger partial charge in [-0.2, -0.15) is 26.3 Å². The number of hydrogen-bond donors (Lipinski definition) is 1. The fourth-order valence-corrected chi connectivity index (χ4v) is 5.15. The van der Waals surface area contributed by atoms with Crippen molar-refractivity contribution in [1.29, 1.82) is 0 Å². The van der Waals surface area contributed by atoms with Crippen molar-refractivity contribution < 1.29 is 39.6 Å². The maximum atomic E-state index is 13.0. The normalized spacial score (nSPS) is 15.2. The first-order valence-corrected chi connectivity index (χ1v) is 10.4. The minimum Gasteiger partial charge on any atom is -0.324 e. The van der Waals surface area contributed by atoms with Gasteiger partial charge in [-0.1, -0.05) is 24.3 Å². The second kappa shape index (κ2) is 7.12. The quantitative estimate of drug-likeness (QED) is 0.542. The topological polar surface area (TPSA) is 66.5 Å². The standard InChI is InChI=1S/C20H12F6N2O3S/c21-19(22,23)12-7-13(20(24,25)26)9-14(8-12)27-17(29)10-28-15-5-1-3-11-4-2-6-16(18(11)15)32(28,30)31/h1-9H,10H2,(H,27,29). The Labute approximate surface area is 177 Å². The van der Waals surface area contributed by atoms with E-state index < -0.39 is 51.6 Å². The first-order chi connectivity index (χ1) is 14.8. The molecule has 0 aromatic heterocycles. The summed E-state index contributed by atoms with van der Waals surface area (Å²) in [5.74, 6) is -1.11. The number of nitrogens with zero attached hydrogens (tertiary/aromatic N) is 1. The van der Waals surface area contributed by atoms with Gasteiger partial charge in [-0.15, -0.1) is 0 Å². The molecule has 0 saturated heterocycles. The molecule has 1 amide bonds. The van der Waals surface area contributed by atoms with Crippen molar-refractivity contribution in [3.8, 4) is 0 Å². The summed E-state index contributed by atoms with van der Waals surface area (Å²) in [4.78, 5) is 12.4. The van der Waals surface area contributed by atoms with Crippen LogP contribution in [0.25, 0.3) is 10.8 Å². The first-order valence-electron chi connectivity index (χ1n) is 8.92. The summed E-state index contributed by atoms with van der Waals surface area (Å²) < 4.78 is 105. The van der Waals surface area contributed by atoms with Gasteiger partial charge in [-0.3, -0.25) is 9.10 Å². The number of nitrogens with one attached hydrogen (secondary N) is 1. The third-order valence-corrected chi connectivity index (χ3v) is 6.64. The van der Waals surface area contributed by atoms with Crippen molar-refractivity contribution >= 4 is 38.1 Å². The van der Waals surface area contributed by atoms with E-state index in [2.05, 4.69) is 0 Å². The number of hydrogen-bond acceptors (Lipinski definition) is 3. The van der Waals surface area contributed by atoms with E-state index in [1.807, 2.05) is 5.32 Å². The molecule has 3 aromatic carbocycles. The molecule has 1 N–H and O–H groups in total. The molecule has 0 unspecified atom stereocenters. The van der Waals surface area contributed by atoms with Crippen LogP contribution in [0.2, 0.25) is 0 Å². The number of carbonyl (C=O) groups is 1. The molecule has 3 aromatic rings. The van der Waals surface area contributed by atoms with Crippen LogP contribution in [0.15, 0.2) is 59.5 Å². The van der Waals surface area contributed by atoms with Crippen LogP contribution in [-0.2, 0) is 27.2 Å². The highest BCUT2D eigenvalue weighted by molar-refractivity contribution is 7.93. The number of amides is 1. The highest BCUT2D eigenvalue weighted by atomic mass is 32.2. The molecule has 0 fully saturated rings. The molecule has 1 aliphatic rings. The summed E-state index contributed by atoms with van der Waals surface area (Å²) in [6.07, 6.45) is -10.2. The number of carbonyl (C=O) groups excluding carboxylic acids is 1. The first kappa shape index (κ1) is 21.9. The van der Waals surface area contributed by atoms with Crippen LogP contribution in [-0.4, -0.2) is 20.9 Å². The lowest BCUT2D eigenvalue weighted by Gasteiger charge is -2.19. The van der Waals surface area contributed by atoms with Crippen LogP contribution < -0.4 is 9.62 Å². The van der Waals surface area contributed by atoms with Gasteiger partial charge in [0, 0.05) is 11.1 Å². The lowest BCUT2D eigenvalue weighted by Crippen LogP contribution is -2.35. The molecule has 32 heavy (non-hydrogen) atoms. The number of alkyl halides is 6. The number of halogens is 6. The Morgan fingerprint density at radius 3 is 2.00 bits per heavy atom. The van der Waals surface area contributed by atoms with Gasteiger partial charge in [-0.05, 0) is 35.7 Å². The molecule has 1 aliphatic heterocycles. The van der Waals surface area contributed by atoms with E-state index in [0.717, 1.165) is 4.31 Å². The Morgan fingerprint density at radius 1 is 0.875 bits per heavy atom. The van der Waals surface area contributed by atoms with E-state index >= 15 is 0 Å². The van der Waals surface area contributed by atoms with Crippen molar-refractivity contribution in [2.75, 3.05) is 16.2 Å². The maximum Gasteiger partial charge on any atom is 0.416 e. The van der Waals surface area contributed by atoms with E-state index in [1.54, 1.807) is 18.2 Å². The summed E-state index contributed by atoms with van der Waals surface area (Å²) in [7, 11) is -4.14. The number of anilines is 2. The number of benzene rings is 3. The monoisotopic (exact) mass is 474 g/mol. The van der Waals surface area contributed by atoms with Crippen LogP contribution in [0.1, 0.15) is 11.1 Å². The van der Waals surface area contributed by atoms with Crippen LogP contribution in [0, 0.1) is 0 Å². The third-order valence-electron chi connectivity index (χ3n) is 4.84. The fourth-order valence-electron chi connectivity index (χ4n) is 3.49. The van der Waals surface area contributed by atoms with Crippen LogP contribution in [0.5, 0.6) is 0 Å². The van der Waals surface area contributed by atoms with Crippen molar-refractivity contribution in [3.63, 3.8) is 0 Å². The summed E-state index contributed by atoms with van der Waals surface area (Å²) in [5.41, 5.74) is -3.78. The van der Waals surface area contributed by atoms with Crippen molar-refractivity contribution in [2.45, 2.75) is 17.2 Å². The Bertz CT molecular complexity index is 1310. The second-order valence-electron chi connectivity index (χ2n) is 6.99. The largest absolute Gasteiger partial charge is 0.416 e. The van der Waals surface area contributed by atoms with Gasteiger partial charge in [0.2, 0.25) is 5.91 Å². The summed E-state index contributed by atoms with van der Waals surface area (Å²) in [5, 5.41) is 2.92. The molecular weight excluding hydrogens is 462 g/mol. The third kappa shape index (κ3) is 3.74. The van der Waals surface area contributed by atoms with Gasteiger partial charge < -0.3 is 5.32 Å². The van der Waals surface area contributed by atoms with Gasteiger partial charge >= 0.3 is 12.4 Å². The Kier molecular flexibility index (Phi) is 4.88. The van der Waals surface area contributed by atoms with E-state index in [0.29, 0.717) is 22.9 Å². The van der Waals surface area contributed by atoms with Gasteiger partial charge in [0.15, 0.2) is 0 Å². The highest BCUT2D eigenvalue weighted by Crippen LogP contribution is 2.42. The Morgan fingerprint density at radius 2 is 1.44 bits per heavy atom. The van der Waals surface area contributed by atoms with E-state index in [9.17, 15) is 39.6 Å². The van der Waals surface area contributed by atoms with Gasteiger partial charge in [-0.25, -0.2) is 8.42 Å². The van der Waals surface area contributed by atoms with Crippen molar-refractivity contribution in [2.24, 2.45) is 0 Å². The fraction of sp³-hybridized carbons (Fsp3) is 0.150. The predicted molar refractivity (Wildman–Crippen MR) is 104 cm³/mol. The van der Waals surface area contributed by atoms with Crippen molar-refractivity contribution in [1.82, 2.24) is 0 Å². The van der Waals surface area contributed by atoms with Crippen molar-refractivity contribution in [3.05, 3.63) is 65.7 Å². The SMILES string of the molecule is O=C(CN1c2cccc3cccc(c23)S1(=O)=O)Nc1cc(C(F)(F)F)cc(C(F)(F)F)c1. The molecule has 12 heteroatoms. The molecule has 0 aliphatic carbocycles. The van der Waals surface area contributed by atoms with Crippen LogP contribution >= 0.6 is 0 Å². The zero-order chi connectivity index (χ0) is 23.5. The molecule has 0 bridgehead atoms. The maximum absolute atomic E-state index is 13.0. The second-order valence-corrected chi connectivity index (χ2v) is 8.82. The van der Waals surface area contributed by atoms with Crippen LogP contribution in [0.3, 0.4) is 0 Å². The zero-order valence-electron chi connectivity index (χ0n) is 15.8. The molecule has 1 heterocycles. The van der Waals surface area contributed by atoms with E-state index in [4.69, 9.17) is 0 Å². The van der Waals surface area contributed by atoms with E-state index in [-0.39, 0.29) is 16.6 Å². The predicted octanol–water partition coefficient (Wildman–Crippen LogP) is 5.02. The summed E-state index contributed by atoms with van der Waals surface area (Å²) in [6.45, 7) is -0.840. The number of sulfonamides is 1. The Balaban J connectivity index is 1.66. The molecule has 168 valence electrons. The smallest absolute Gasteiger partial charge is 0.324 e. The number of rotatable bonds is 3. The minimum absolute atomic E-state index is 0.0446. The summed E-state index contributed by atoms with van der Waals surface area (Å²) >= 11 is 0. The molecule has 0 spiro atoms. The van der Waals surface area contributed by atoms with Crippen LogP contribution in [0.4, 0.5) is 37.7 Å². The average Bonchev–Trinajstić information content (AvgIpc) is 2.90. The molecule has 5 nitrogen and oxygen atoms in total. The zero-order valence-corrected chi connectivity index (χ0v) is 16.6. The lowest BCUT2D eigenvalue weighted by molar-refractivity contribution is -0.143. The average molecular weight is 474 g/mol. The molecule has 0 radical (unpaired) electrons. The molecule has 0 atom stereocenters. The van der Waals surface area contributed by atoms with Gasteiger partial charge in [0.05, 0.1) is 21.7 Å². The van der Waals surface area contributed by atoms with E-state index in [1.165, 1.54) is 18.2 Å². The summed E-state index contributed by atoms with van der Waals surface area (Å²) in [6, 6.07) is 9.85. The lowest BCUT2D eigenvalue weighted by atomic mass is 10.1. The molecule has 4 rings (SSSR count). The Hall–Kier alpha value is -3.28.